The summed E-state index contributed by atoms with van der Waals surface area (Å²) in [7, 11) is -9.54. The highest BCUT2D eigenvalue weighted by Crippen LogP contribution is 2.44. The maximum absolute atomic E-state index is 11.8. The average molecular weight is 437 g/mol. The Kier molecular flexibility index (Phi) is 5.04. The molecule has 29 heavy (non-hydrogen) atoms. The Bertz CT molecular complexity index is 1360. The predicted octanol–water partition coefficient (Wildman–Crippen LogP) is 3.34. The third-order valence-electron chi connectivity index (χ3n) is 4.03. The van der Waals surface area contributed by atoms with E-state index in [1.54, 1.807) is 24.3 Å². The van der Waals surface area contributed by atoms with Gasteiger partial charge in [0.1, 0.15) is 10.6 Å². The summed E-state index contributed by atoms with van der Waals surface area (Å²) in [6.45, 7) is 1.86. The van der Waals surface area contributed by atoms with Crippen LogP contribution in [-0.2, 0) is 20.2 Å². The molecule has 10 nitrogen and oxygen atoms in total. The van der Waals surface area contributed by atoms with Crippen LogP contribution in [-0.4, -0.2) is 31.0 Å². The fraction of sp³-hybridized carbons (Fsp3) is 0.0588. The van der Waals surface area contributed by atoms with Gasteiger partial charge in [0.25, 0.3) is 20.2 Å². The van der Waals surface area contributed by atoms with Crippen LogP contribution in [0, 0.1) is 6.92 Å². The molecule has 0 aliphatic rings. The zero-order valence-electron chi connectivity index (χ0n) is 14.8. The van der Waals surface area contributed by atoms with Crippen LogP contribution in [0.1, 0.15) is 5.56 Å². The van der Waals surface area contributed by atoms with Gasteiger partial charge in [-0.25, -0.2) is 0 Å². The number of benzene rings is 3. The SMILES string of the molecule is Cc1ccc(N=Nc2c(S(=O)(=O)O)cc3cc(S(=O)(=O)O)cc(N)c3c2O)cc1. The van der Waals surface area contributed by atoms with Gasteiger partial charge in [-0.2, -0.15) is 21.9 Å². The number of nitrogen functional groups attached to an aromatic ring is 1. The molecule has 0 atom stereocenters. The Labute approximate surface area is 165 Å². The van der Waals surface area contributed by atoms with Crippen LogP contribution in [0.15, 0.2) is 62.5 Å². The van der Waals surface area contributed by atoms with Crippen molar-refractivity contribution in [1.29, 1.82) is 0 Å². The number of phenolic OH excluding ortho intramolecular Hbond substituents is 1. The molecular formula is C17H15N3O7S2. The highest BCUT2D eigenvalue weighted by molar-refractivity contribution is 7.86. The van der Waals surface area contributed by atoms with E-state index in [4.69, 9.17) is 5.73 Å². The Morgan fingerprint density at radius 3 is 2.07 bits per heavy atom. The molecule has 152 valence electrons. The summed E-state index contributed by atoms with van der Waals surface area (Å²) in [5, 5.41) is 17.9. The molecule has 0 saturated carbocycles. The molecule has 5 N–H and O–H groups in total. The summed E-state index contributed by atoms with van der Waals surface area (Å²) in [5.74, 6) is -0.731. The lowest BCUT2D eigenvalue weighted by molar-refractivity contribution is 0.472. The van der Waals surface area contributed by atoms with Crippen molar-refractivity contribution < 1.29 is 31.0 Å². The molecule has 0 aliphatic carbocycles. The quantitative estimate of drug-likeness (QED) is 0.272. The molecule has 0 fully saturated rings. The van der Waals surface area contributed by atoms with E-state index in [0.29, 0.717) is 5.69 Å². The van der Waals surface area contributed by atoms with Crippen LogP contribution in [0.4, 0.5) is 17.1 Å². The number of anilines is 1. The third-order valence-corrected chi connectivity index (χ3v) is 5.73. The number of aryl methyl sites for hydroxylation is 1. The summed E-state index contributed by atoms with van der Waals surface area (Å²) < 4.78 is 65.2. The van der Waals surface area contributed by atoms with Gasteiger partial charge >= 0.3 is 0 Å². The molecule has 0 radical (unpaired) electrons. The standard InChI is InChI=1S/C17H15N3O7S2/c1-9-2-4-11(5-3-9)19-20-16-14(29(25,26)27)7-10-6-12(28(22,23)24)8-13(18)15(10)17(16)21/h2-8,21H,18H2,1H3,(H,22,23,24)(H,25,26,27). The number of aromatic hydroxyl groups is 1. The highest BCUT2D eigenvalue weighted by atomic mass is 32.2. The number of hydrogen-bond donors (Lipinski definition) is 4. The van der Waals surface area contributed by atoms with E-state index in [0.717, 1.165) is 23.8 Å². The van der Waals surface area contributed by atoms with E-state index >= 15 is 0 Å². The highest BCUT2D eigenvalue weighted by Gasteiger charge is 2.24. The molecule has 3 aromatic carbocycles. The second-order valence-corrected chi connectivity index (χ2v) is 8.98. The zero-order chi connectivity index (χ0) is 21.6. The monoisotopic (exact) mass is 437 g/mol. The Morgan fingerprint density at radius 2 is 1.52 bits per heavy atom. The van der Waals surface area contributed by atoms with Crippen LogP contribution in [0.2, 0.25) is 0 Å². The van der Waals surface area contributed by atoms with E-state index in [1.165, 1.54) is 0 Å². The number of rotatable bonds is 4. The first-order valence-electron chi connectivity index (χ1n) is 7.90. The van der Waals surface area contributed by atoms with Crippen molar-refractivity contribution in [3.8, 4) is 5.75 Å². The number of nitrogens with zero attached hydrogens (tertiary/aromatic N) is 2. The minimum Gasteiger partial charge on any atom is -0.505 e. The molecule has 0 aromatic heterocycles. The molecule has 0 spiro atoms. The van der Waals surface area contributed by atoms with Crippen LogP contribution in [0.5, 0.6) is 5.75 Å². The predicted molar refractivity (Wildman–Crippen MR) is 105 cm³/mol. The fourth-order valence-electron chi connectivity index (χ4n) is 2.65. The smallest absolute Gasteiger partial charge is 0.296 e. The van der Waals surface area contributed by atoms with Gasteiger partial charge in [-0.05, 0) is 42.6 Å². The Balaban J connectivity index is 2.32. The number of nitrogens with two attached hydrogens (primary N) is 1. The lowest BCUT2D eigenvalue weighted by Crippen LogP contribution is -2.02. The van der Waals surface area contributed by atoms with Crippen LogP contribution in [0.25, 0.3) is 10.8 Å². The zero-order valence-corrected chi connectivity index (χ0v) is 16.4. The number of fused-ring (bicyclic) bond motifs is 1. The first-order valence-corrected chi connectivity index (χ1v) is 10.8. The molecule has 0 saturated heterocycles. The topological polar surface area (TPSA) is 180 Å². The fourth-order valence-corrected chi connectivity index (χ4v) is 3.86. The maximum Gasteiger partial charge on any atom is 0.296 e. The van der Waals surface area contributed by atoms with E-state index in [2.05, 4.69) is 10.2 Å². The van der Waals surface area contributed by atoms with E-state index in [1.807, 2.05) is 6.92 Å². The lowest BCUT2D eigenvalue weighted by Gasteiger charge is -2.11. The maximum atomic E-state index is 11.8. The minimum absolute atomic E-state index is 0.123. The van der Waals surface area contributed by atoms with Crippen molar-refractivity contribution in [2.75, 3.05) is 5.73 Å². The van der Waals surface area contributed by atoms with Crippen molar-refractivity contribution in [1.82, 2.24) is 0 Å². The normalized spacial score (nSPS) is 12.7. The average Bonchev–Trinajstić information content (AvgIpc) is 2.60. The summed E-state index contributed by atoms with van der Waals surface area (Å²) in [4.78, 5) is -1.43. The molecule has 3 rings (SSSR count). The Morgan fingerprint density at radius 1 is 0.897 bits per heavy atom. The molecule has 0 aliphatic heterocycles. The van der Waals surface area contributed by atoms with Gasteiger partial charge in [-0.3, -0.25) is 9.11 Å². The largest absolute Gasteiger partial charge is 0.505 e. The second-order valence-electron chi connectivity index (χ2n) is 6.17. The van der Waals surface area contributed by atoms with Gasteiger partial charge in [0.05, 0.1) is 10.6 Å². The summed E-state index contributed by atoms with van der Waals surface area (Å²) in [6.07, 6.45) is 0. The molecule has 12 heteroatoms. The van der Waals surface area contributed by atoms with Crippen LogP contribution in [0.3, 0.4) is 0 Å². The number of hydrogen-bond acceptors (Lipinski definition) is 8. The van der Waals surface area contributed by atoms with E-state index in [-0.39, 0.29) is 16.5 Å². The summed E-state index contributed by atoms with van der Waals surface area (Å²) >= 11 is 0. The van der Waals surface area contributed by atoms with Gasteiger partial charge < -0.3 is 10.8 Å². The van der Waals surface area contributed by atoms with Crippen LogP contribution >= 0.6 is 0 Å². The molecule has 3 aromatic rings. The van der Waals surface area contributed by atoms with Gasteiger partial charge in [0, 0.05) is 11.1 Å². The van der Waals surface area contributed by atoms with E-state index in [9.17, 15) is 31.0 Å². The second kappa shape index (κ2) is 7.08. The molecule has 0 bridgehead atoms. The van der Waals surface area contributed by atoms with Crippen LogP contribution < -0.4 is 5.73 Å². The van der Waals surface area contributed by atoms with Crippen molar-refractivity contribution in [2.45, 2.75) is 16.7 Å². The van der Waals surface area contributed by atoms with Gasteiger partial charge in [-0.1, -0.05) is 17.7 Å². The lowest BCUT2D eigenvalue weighted by atomic mass is 10.1. The first kappa shape index (κ1) is 20.7. The minimum atomic E-state index is -4.89. The van der Waals surface area contributed by atoms with Crippen molar-refractivity contribution in [2.24, 2.45) is 10.2 Å². The van der Waals surface area contributed by atoms with Gasteiger partial charge in [0.15, 0.2) is 5.75 Å². The summed E-state index contributed by atoms with van der Waals surface area (Å²) in [5.41, 5.74) is 6.26. The Hall–Kier alpha value is -3.06. The molecule has 0 heterocycles. The third kappa shape index (κ3) is 4.19. The van der Waals surface area contributed by atoms with Crippen molar-refractivity contribution >= 4 is 48.1 Å². The molecule has 0 amide bonds. The van der Waals surface area contributed by atoms with E-state index < -0.39 is 41.5 Å². The first-order chi connectivity index (χ1) is 13.4. The molecular weight excluding hydrogens is 422 g/mol. The summed E-state index contributed by atoms with van der Waals surface area (Å²) in [6, 6.07) is 9.37. The van der Waals surface area contributed by atoms with Crippen molar-refractivity contribution in [3.05, 3.63) is 48.0 Å². The van der Waals surface area contributed by atoms with Crippen molar-refractivity contribution in [3.63, 3.8) is 0 Å². The van der Waals surface area contributed by atoms with Gasteiger partial charge in [-0.15, -0.1) is 5.11 Å². The molecule has 0 unspecified atom stereocenters. The number of phenols is 1. The van der Waals surface area contributed by atoms with Gasteiger partial charge in [0.2, 0.25) is 0 Å². The number of azo groups is 1.